The van der Waals surface area contributed by atoms with Gasteiger partial charge in [0.2, 0.25) is 5.91 Å². The van der Waals surface area contributed by atoms with Gasteiger partial charge in [-0.25, -0.2) is 0 Å². The summed E-state index contributed by atoms with van der Waals surface area (Å²) in [6.07, 6.45) is 0. The topological polar surface area (TPSA) is 86.0 Å². The summed E-state index contributed by atoms with van der Waals surface area (Å²) >= 11 is 0. The fourth-order valence-electron chi connectivity index (χ4n) is 3.78. The summed E-state index contributed by atoms with van der Waals surface area (Å²) in [6, 6.07) is 13.8. The number of methoxy groups -OCH3 is 3. The zero-order valence-corrected chi connectivity index (χ0v) is 17.2. The average Bonchev–Trinajstić information content (AvgIpc) is 3.11. The molecule has 156 valence electrons. The molecule has 3 rings (SSSR count). The standard InChI is InChI=1S/C22H29N3O4/c1-27-19-10-21(29-3)20(28-2)9-16(19)11-24-22(26)14-25-12-17(18(23)13-25)15-7-5-4-6-8-15/h4-10,17-18H,11-14,23H2,1-3H3,(H,24,26)/t17-,18+/m0/s1. The monoisotopic (exact) mass is 399 g/mol. The van der Waals surface area contributed by atoms with E-state index in [9.17, 15) is 4.79 Å². The van der Waals surface area contributed by atoms with E-state index in [0.29, 0.717) is 36.9 Å². The Labute approximate surface area is 171 Å². The molecule has 7 nitrogen and oxygen atoms in total. The third-order valence-electron chi connectivity index (χ3n) is 5.30. The molecular formula is C22H29N3O4. The van der Waals surface area contributed by atoms with Crippen LogP contribution in [-0.2, 0) is 11.3 Å². The number of ether oxygens (including phenoxy) is 3. The Morgan fingerprint density at radius 1 is 1.03 bits per heavy atom. The highest BCUT2D eigenvalue weighted by molar-refractivity contribution is 5.78. The maximum atomic E-state index is 12.5. The van der Waals surface area contributed by atoms with Crippen molar-refractivity contribution in [2.24, 2.45) is 5.73 Å². The van der Waals surface area contributed by atoms with Crippen LogP contribution in [0.15, 0.2) is 42.5 Å². The van der Waals surface area contributed by atoms with Gasteiger partial charge in [0, 0.05) is 43.2 Å². The molecule has 0 radical (unpaired) electrons. The van der Waals surface area contributed by atoms with E-state index in [1.165, 1.54) is 5.56 Å². The summed E-state index contributed by atoms with van der Waals surface area (Å²) < 4.78 is 16.1. The molecule has 0 aromatic heterocycles. The first-order chi connectivity index (χ1) is 14.0. The number of carbonyl (C=O) groups excluding carboxylic acids is 1. The molecule has 2 aromatic carbocycles. The molecule has 2 aromatic rings. The van der Waals surface area contributed by atoms with Crippen molar-refractivity contribution in [1.29, 1.82) is 0 Å². The smallest absolute Gasteiger partial charge is 0.234 e. The number of nitrogens with zero attached hydrogens (tertiary/aromatic N) is 1. The van der Waals surface area contributed by atoms with E-state index in [1.807, 2.05) is 24.3 Å². The lowest BCUT2D eigenvalue weighted by Crippen LogP contribution is -2.37. The number of likely N-dealkylation sites (tertiary alicyclic amines) is 1. The van der Waals surface area contributed by atoms with Crippen LogP contribution >= 0.6 is 0 Å². The molecule has 0 aliphatic carbocycles. The van der Waals surface area contributed by atoms with E-state index in [4.69, 9.17) is 19.9 Å². The number of rotatable bonds is 8. The van der Waals surface area contributed by atoms with Gasteiger partial charge in [-0.1, -0.05) is 30.3 Å². The number of nitrogens with one attached hydrogen (secondary N) is 1. The van der Waals surface area contributed by atoms with Gasteiger partial charge < -0.3 is 25.3 Å². The lowest BCUT2D eigenvalue weighted by atomic mass is 9.95. The van der Waals surface area contributed by atoms with E-state index >= 15 is 0 Å². The second-order valence-electron chi connectivity index (χ2n) is 7.17. The zero-order valence-electron chi connectivity index (χ0n) is 17.2. The molecular weight excluding hydrogens is 370 g/mol. The van der Waals surface area contributed by atoms with E-state index in [0.717, 1.165) is 12.1 Å². The lowest BCUT2D eigenvalue weighted by molar-refractivity contribution is -0.122. The molecule has 2 atom stereocenters. The van der Waals surface area contributed by atoms with Crippen molar-refractivity contribution < 1.29 is 19.0 Å². The minimum absolute atomic E-state index is 0.0242. The van der Waals surface area contributed by atoms with Crippen LogP contribution in [0, 0.1) is 0 Å². The van der Waals surface area contributed by atoms with Gasteiger partial charge in [-0.2, -0.15) is 0 Å². The minimum atomic E-state index is -0.0530. The highest BCUT2D eigenvalue weighted by Crippen LogP contribution is 2.34. The minimum Gasteiger partial charge on any atom is -0.496 e. The van der Waals surface area contributed by atoms with Gasteiger partial charge in [-0.05, 0) is 11.6 Å². The first kappa shape index (κ1) is 21.0. The molecule has 1 aliphatic heterocycles. The van der Waals surface area contributed by atoms with Crippen molar-refractivity contribution in [2.45, 2.75) is 18.5 Å². The Balaban J connectivity index is 1.58. The SMILES string of the molecule is COc1cc(OC)c(OC)cc1CNC(=O)CN1C[C@@H](N)[C@H](c2ccccc2)C1. The van der Waals surface area contributed by atoms with Crippen LogP contribution in [0.25, 0.3) is 0 Å². The van der Waals surface area contributed by atoms with Crippen molar-refractivity contribution in [3.05, 3.63) is 53.6 Å². The highest BCUT2D eigenvalue weighted by atomic mass is 16.5. The Morgan fingerprint density at radius 2 is 1.69 bits per heavy atom. The molecule has 0 unspecified atom stereocenters. The summed E-state index contributed by atoms with van der Waals surface area (Å²) in [5, 5.41) is 2.96. The fourth-order valence-corrected chi connectivity index (χ4v) is 3.78. The van der Waals surface area contributed by atoms with E-state index in [2.05, 4.69) is 22.3 Å². The molecule has 1 amide bonds. The van der Waals surface area contributed by atoms with Gasteiger partial charge in [0.15, 0.2) is 11.5 Å². The van der Waals surface area contributed by atoms with Crippen molar-refractivity contribution in [3.63, 3.8) is 0 Å². The molecule has 29 heavy (non-hydrogen) atoms. The van der Waals surface area contributed by atoms with Crippen molar-refractivity contribution in [2.75, 3.05) is 41.0 Å². The van der Waals surface area contributed by atoms with Gasteiger partial charge >= 0.3 is 0 Å². The first-order valence-corrected chi connectivity index (χ1v) is 9.64. The molecule has 1 fully saturated rings. The first-order valence-electron chi connectivity index (χ1n) is 9.64. The Hall–Kier alpha value is -2.77. The van der Waals surface area contributed by atoms with E-state index < -0.39 is 0 Å². The summed E-state index contributed by atoms with van der Waals surface area (Å²) in [4.78, 5) is 14.6. The Bertz CT molecular complexity index is 828. The summed E-state index contributed by atoms with van der Waals surface area (Å²) in [5.41, 5.74) is 8.36. The van der Waals surface area contributed by atoms with Crippen molar-refractivity contribution >= 4 is 5.91 Å². The van der Waals surface area contributed by atoms with Gasteiger partial charge in [0.1, 0.15) is 5.75 Å². The van der Waals surface area contributed by atoms with Crippen LogP contribution in [0.2, 0.25) is 0 Å². The normalized spacial score (nSPS) is 19.0. The van der Waals surface area contributed by atoms with Crippen LogP contribution in [-0.4, -0.2) is 57.8 Å². The van der Waals surface area contributed by atoms with Crippen LogP contribution in [0.3, 0.4) is 0 Å². The fraction of sp³-hybridized carbons (Fsp3) is 0.409. The van der Waals surface area contributed by atoms with Crippen molar-refractivity contribution in [3.8, 4) is 17.2 Å². The second-order valence-corrected chi connectivity index (χ2v) is 7.17. The van der Waals surface area contributed by atoms with Gasteiger partial charge in [-0.3, -0.25) is 9.69 Å². The number of amides is 1. The lowest BCUT2D eigenvalue weighted by Gasteiger charge is -2.17. The molecule has 0 bridgehead atoms. The van der Waals surface area contributed by atoms with E-state index in [-0.39, 0.29) is 17.9 Å². The number of hydrogen-bond donors (Lipinski definition) is 2. The van der Waals surface area contributed by atoms with Gasteiger partial charge in [0.25, 0.3) is 0 Å². The average molecular weight is 399 g/mol. The second kappa shape index (κ2) is 9.62. The number of carbonyl (C=O) groups is 1. The van der Waals surface area contributed by atoms with Gasteiger partial charge in [-0.15, -0.1) is 0 Å². The Kier molecular flexibility index (Phi) is 6.95. The largest absolute Gasteiger partial charge is 0.496 e. The van der Waals surface area contributed by atoms with Crippen LogP contribution < -0.4 is 25.3 Å². The molecule has 1 heterocycles. The molecule has 3 N–H and O–H groups in total. The van der Waals surface area contributed by atoms with Gasteiger partial charge in [0.05, 0.1) is 27.9 Å². The molecule has 1 saturated heterocycles. The third-order valence-corrected chi connectivity index (χ3v) is 5.30. The molecule has 0 spiro atoms. The number of hydrogen-bond acceptors (Lipinski definition) is 6. The molecule has 7 heteroatoms. The molecule has 1 aliphatic rings. The number of nitrogens with two attached hydrogens (primary N) is 1. The zero-order chi connectivity index (χ0) is 20.8. The van der Waals surface area contributed by atoms with Crippen LogP contribution in [0.5, 0.6) is 17.2 Å². The van der Waals surface area contributed by atoms with Crippen LogP contribution in [0.1, 0.15) is 17.0 Å². The molecule has 0 saturated carbocycles. The quantitative estimate of drug-likeness (QED) is 0.704. The summed E-state index contributed by atoms with van der Waals surface area (Å²) in [6.45, 7) is 2.13. The summed E-state index contributed by atoms with van der Waals surface area (Å²) in [5.74, 6) is 2.00. The van der Waals surface area contributed by atoms with Crippen LogP contribution in [0.4, 0.5) is 0 Å². The number of benzene rings is 2. The predicted molar refractivity (Wildman–Crippen MR) is 112 cm³/mol. The van der Waals surface area contributed by atoms with Crippen molar-refractivity contribution in [1.82, 2.24) is 10.2 Å². The third kappa shape index (κ3) is 4.99. The maximum Gasteiger partial charge on any atom is 0.234 e. The van der Waals surface area contributed by atoms with E-state index in [1.54, 1.807) is 27.4 Å². The predicted octanol–water partition coefficient (Wildman–Crippen LogP) is 1.76. The maximum absolute atomic E-state index is 12.5. The highest BCUT2D eigenvalue weighted by Gasteiger charge is 2.31. The Morgan fingerprint density at radius 3 is 2.34 bits per heavy atom. The summed E-state index contributed by atoms with van der Waals surface area (Å²) in [7, 11) is 4.73.